The average molecular weight is 228 g/mol. The van der Waals surface area contributed by atoms with E-state index in [2.05, 4.69) is 37.2 Å². The molecule has 0 saturated carbocycles. The van der Waals surface area contributed by atoms with E-state index in [9.17, 15) is 0 Å². The number of nitrogen functional groups attached to an aromatic ring is 1. The van der Waals surface area contributed by atoms with Gasteiger partial charge in [-0.2, -0.15) is 5.26 Å². The molecule has 0 spiro atoms. The van der Waals surface area contributed by atoms with E-state index in [1.54, 1.807) is 12.1 Å². The third-order valence-corrected chi connectivity index (χ3v) is 2.96. The number of benzene rings is 1. The monoisotopic (exact) mass is 228 g/mol. The van der Waals surface area contributed by atoms with Gasteiger partial charge in [0.2, 0.25) is 0 Å². The lowest BCUT2D eigenvalue weighted by molar-refractivity contribution is 1.41. The van der Waals surface area contributed by atoms with Crippen LogP contribution in [0.4, 0.5) is 5.69 Å². The number of hydrogen-bond donors (Lipinski definition) is 1. The summed E-state index contributed by atoms with van der Waals surface area (Å²) in [6.45, 7) is 8.43. The van der Waals surface area contributed by atoms with Crippen LogP contribution < -0.4 is 5.73 Å². The van der Waals surface area contributed by atoms with E-state index in [0.29, 0.717) is 11.3 Å². The number of aryl methyl sites for hydroxylation is 1. The zero-order chi connectivity index (χ0) is 12.3. The van der Waals surface area contributed by atoms with Crippen molar-refractivity contribution in [2.24, 2.45) is 0 Å². The molecule has 0 aliphatic carbocycles. The van der Waals surface area contributed by atoms with Gasteiger partial charge in [-0.05, 0) is 24.6 Å². The van der Waals surface area contributed by atoms with Gasteiger partial charge in [0.15, 0.2) is 0 Å². The number of hydrogen-bond acceptors (Lipinski definition) is 2. The fraction of sp³-hybridized carbons (Fsp3) is 0.308. The van der Waals surface area contributed by atoms with Gasteiger partial charge in [-0.1, -0.05) is 25.6 Å². The second-order valence-electron chi connectivity index (χ2n) is 4.87. The van der Waals surface area contributed by atoms with Crippen LogP contribution in [-0.4, -0.2) is 8.07 Å². The van der Waals surface area contributed by atoms with Gasteiger partial charge in [-0.15, -0.1) is 5.54 Å². The minimum Gasteiger partial charge on any atom is -0.398 e. The van der Waals surface area contributed by atoms with Crippen LogP contribution in [0.1, 0.15) is 16.7 Å². The van der Waals surface area contributed by atoms with Crippen LogP contribution >= 0.6 is 0 Å². The number of anilines is 1. The van der Waals surface area contributed by atoms with Gasteiger partial charge in [-0.3, -0.25) is 0 Å². The summed E-state index contributed by atoms with van der Waals surface area (Å²) < 4.78 is 0. The molecule has 82 valence electrons. The highest BCUT2D eigenvalue weighted by Gasteiger charge is 2.08. The van der Waals surface area contributed by atoms with Crippen molar-refractivity contribution in [2.75, 3.05) is 5.73 Å². The van der Waals surface area contributed by atoms with Crippen LogP contribution in [0.2, 0.25) is 19.6 Å². The van der Waals surface area contributed by atoms with Crippen LogP contribution in [-0.2, 0) is 0 Å². The van der Waals surface area contributed by atoms with Gasteiger partial charge in [-0.25, -0.2) is 0 Å². The summed E-state index contributed by atoms with van der Waals surface area (Å²) in [5, 5.41) is 8.88. The molecule has 1 aromatic carbocycles. The smallest absolute Gasteiger partial charge is 0.129 e. The van der Waals surface area contributed by atoms with E-state index in [4.69, 9.17) is 11.0 Å². The molecular weight excluding hydrogens is 212 g/mol. The largest absolute Gasteiger partial charge is 0.398 e. The summed E-state index contributed by atoms with van der Waals surface area (Å²) >= 11 is 0. The Morgan fingerprint density at radius 2 is 1.88 bits per heavy atom. The van der Waals surface area contributed by atoms with E-state index in [-0.39, 0.29) is 0 Å². The third-order valence-electron chi connectivity index (χ3n) is 2.09. The van der Waals surface area contributed by atoms with Gasteiger partial charge < -0.3 is 5.73 Å². The average Bonchev–Trinajstić information content (AvgIpc) is 2.18. The number of nitrogens with zero attached hydrogens (tertiary/aromatic N) is 1. The predicted molar refractivity (Wildman–Crippen MR) is 70.5 cm³/mol. The molecule has 2 nitrogen and oxygen atoms in total. The van der Waals surface area contributed by atoms with E-state index in [0.717, 1.165) is 11.1 Å². The molecule has 0 unspecified atom stereocenters. The van der Waals surface area contributed by atoms with E-state index < -0.39 is 8.07 Å². The lowest BCUT2D eigenvalue weighted by Crippen LogP contribution is -2.16. The Morgan fingerprint density at radius 1 is 1.25 bits per heavy atom. The first-order valence-electron chi connectivity index (χ1n) is 5.17. The molecular formula is C13H16N2Si. The zero-order valence-electron chi connectivity index (χ0n) is 10.2. The van der Waals surface area contributed by atoms with Crippen LogP contribution in [0.5, 0.6) is 0 Å². The van der Waals surface area contributed by atoms with Crippen molar-refractivity contribution in [3.8, 4) is 17.5 Å². The molecule has 0 aliphatic rings. The first kappa shape index (κ1) is 12.4. The van der Waals surface area contributed by atoms with Crippen LogP contribution in [0, 0.1) is 29.7 Å². The van der Waals surface area contributed by atoms with Crippen molar-refractivity contribution in [3.63, 3.8) is 0 Å². The number of nitrogens with two attached hydrogens (primary N) is 1. The van der Waals surface area contributed by atoms with Gasteiger partial charge in [0.25, 0.3) is 0 Å². The standard InChI is InChI=1S/C13H16N2Si/c1-10-7-11(9-14)8-12(13(10)15)5-6-16(2,3)4/h7-8H,15H2,1-4H3. The molecule has 0 saturated heterocycles. The molecule has 1 aromatic rings. The summed E-state index contributed by atoms with van der Waals surface area (Å²) in [5.74, 6) is 3.10. The molecule has 1 rings (SSSR count). The Morgan fingerprint density at radius 3 is 2.38 bits per heavy atom. The highest BCUT2D eigenvalue weighted by Crippen LogP contribution is 2.18. The summed E-state index contributed by atoms with van der Waals surface area (Å²) in [4.78, 5) is 0. The molecule has 0 heterocycles. The second kappa shape index (κ2) is 4.43. The van der Waals surface area contributed by atoms with Gasteiger partial charge >= 0.3 is 0 Å². The van der Waals surface area contributed by atoms with Crippen molar-refractivity contribution in [1.29, 1.82) is 5.26 Å². The molecule has 2 N–H and O–H groups in total. The van der Waals surface area contributed by atoms with Gasteiger partial charge in [0.1, 0.15) is 8.07 Å². The maximum absolute atomic E-state index is 8.88. The molecule has 0 fully saturated rings. The maximum Gasteiger partial charge on any atom is 0.129 e. The molecule has 0 amide bonds. The molecule has 0 radical (unpaired) electrons. The van der Waals surface area contributed by atoms with Crippen LogP contribution in [0.25, 0.3) is 0 Å². The quantitative estimate of drug-likeness (QED) is 0.421. The normalized spacial score (nSPS) is 10.2. The zero-order valence-corrected chi connectivity index (χ0v) is 11.2. The second-order valence-corrected chi connectivity index (χ2v) is 9.62. The predicted octanol–water partition coefficient (Wildman–Crippen LogP) is 2.68. The van der Waals surface area contributed by atoms with Crippen molar-refractivity contribution in [3.05, 3.63) is 28.8 Å². The lowest BCUT2D eigenvalue weighted by Gasteiger charge is -2.06. The summed E-state index contributed by atoms with van der Waals surface area (Å²) in [6, 6.07) is 5.67. The van der Waals surface area contributed by atoms with E-state index in [1.807, 2.05) is 6.92 Å². The SMILES string of the molecule is Cc1cc(C#N)cc(C#C[Si](C)(C)C)c1N. The van der Waals surface area contributed by atoms with E-state index >= 15 is 0 Å². The number of nitriles is 1. The minimum absolute atomic E-state index is 0.617. The molecule has 3 heteroatoms. The van der Waals surface area contributed by atoms with Gasteiger partial charge in [0, 0.05) is 5.56 Å². The summed E-state index contributed by atoms with van der Waals surface area (Å²) in [5.41, 5.74) is 12.2. The summed E-state index contributed by atoms with van der Waals surface area (Å²) in [6.07, 6.45) is 0. The van der Waals surface area contributed by atoms with Crippen LogP contribution in [0.3, 0.4) is 0 Å². The van der Waals surface area contributed by atoms with Crippen molar-refractivity contribution in [2.45, 2.75) is 26.6 Å². The Balaban J connectivity index is 3.28. The van der Waals surface area contributed by atoms with Crippen molar-refractivity contribution < 1.29 is 0 Å². The first-order chi connectivity index (χ1) is 7.33. The summed E-state index contributed by atoms with van der Waals surface area (Å²) in [7, 11) is -1.41. The first-order valence-corrected chi connectivity index (χ1v) is 8.67. The minimum atomic E-state index is -1.41. The fourth-order valence-corrected chi connectivity index (χ4v) is 1.73. The topological polar surface area (TPSA) is 49.8 Å². The molecule has 16 heavy (non-hydrogen) atoms. The Kier molecular flexibility index (Phi) is 3.42. The van der Waals surface area contributed by atoms with Crippen molar-refractivity contribution >= 4 is 13.8 Å². The molecule has 0 atom stereocenters. The number of rotatable bonds is 0. The van der Waals surface area contributed by atoms with Gasteiger partial charge in [0.05, 0.1) is 17.3 Å². The fourth-order valence-electron chi connectivity index (χ4n) is 1.22. The molecule has 0 aliphatic heterocycles. The Labute approximate surface area is 98.1 Å². The third kappa shape index (κ3) is 3.15. The molecule has 0 aromatic heterocycles. The Hall–Kier alpha value is -1.71. The van der Waals surface area contributed by atoms with Crippen LogP contribution in [0.15, 0.2) is 12.1 Å². The van der Waals surface area contributed by atoms with E-state index in [1.165, 1.54) is 0 Å². The lowest BCUT2D eigenvalue weighted by atomic mass is 10.1. The highest BCUT2D eigenvalue weighted by molar-refractivity contribution is 6.83. The highest BCUT2D eigenvalue weighted by atomic mass is 28.3. The Bertz CT molecular complexity index is 508. The molecule has 0 bridgehead atoms. The van der Waals surface area contributed by atoms with Crippen molar-refractivity contribution in [1.82, 2.24) is 0 Å². The maximum atomic E-state index is 8.88.